The molecule has 0 aliphatic carbocycles. The fourth-order valence-electron chi connectivity index (χ4n) is 5.40. The van der Waals surface area contributed by atoms with Crippen LogP contribution in [-0.4, -0.2) is 74.2 Å². The fourth-order valence-corrected chi connectivity index (χ4v) is 5.40. The Labute approximate surface area is 240 Å². The normalized spacial score (nSPS) is 33.5. The SMILES string of the molecule is CO[C@@H]1C(O[C@@H]2C(OC(C)=O)[C@H](C)OC(C)[C@@H]2OCc2ccccc2)OC(C)[C@@H](N=[N+]=[N-])[C@H]1OCc1ccccc1. The zero-order chi connectivity index (χ0) is 29.4. The van der Waals surface area contributed by atoms with Crippen LogP contribution in [0.3, 0.4) is 0 Å². The van der Waals surface area contributed by atoms with Crippen LogP contribution < -0.4 is 0 Å². The van der Waals surface area contributed by atoms with Crippen LogP contribution in [0.15, 0.2) is 65.8 Å². The smallest absolute Gasteiger partial charge is 0.303 e. The molecule has 0 bridgehead atoms. The van der Waals surface area contributed by atoms with Crippen LogP contribution >= 0.6 is 0 Å². The molecule has 2 aliphatic rings. The Kier molecular flexibility index (Phi) is 11.1. The van der Waals surface area contributed by atoms with E-state index in [1.807, 2.05) is 74.5 Å². The maximum Gasteiger partial charge on any atom is 0.303 e. The lowest BCUT2D eigenvalue weighted by Crippen LogP contribution is -2.64. The van der Waals surface area contributed by atoms with Crippen LogP contribution in [0.4, 0.5) is 0 Å². The minimum Gasteiger partial charge on any atom is -0.457 e. The molecule has 41 heavy (non-hydrogen) atoms. The molecule has 222 valence electrons. The second-order valence-electron chi connectivity index (χ2n) is 10.3. The van der Waals surface area contributed by atoms with Gasteiger partial charge in [-0.2, -0.15) is 0 Å². The fraction of sp³-hybridized carbons (Fsp3) is 0.567. The maximum atomic E-state index is 12.1. The van der Waals surface area contributed by atoms with E-state index < -0.39 is 61.0 Å². The molecule has 0 radical (unpaired) electrons. The molecule has 2 aromatic rings. The molecule has 11 heteroatoms. The van der Waals surface area contributed by atoms with Gasteiger partial charge < -0.3 is 33.2 Å². The highest BCUT2D eigenvalue weighted by Gasteiger charge is 2.52. The van der Waals surface area contributed by atoms with Crippen LogP contribution in [0.2, 0.25) is 0 Å². The molecule has 10 atom stereocenters. The molecular weight excluding hydrogens is 530 g/mol. The third-order valence-corrected chi connectivity index (χ3v) is 7.38. The van der Waals surface area contributed by atoms with Crippen molar-refractivity contribution >= 4 is 5.97 Å². The number of nitrogens with zero attached hydrogens (tertiary/aromatic N) is 3. The van der Waals surface area contributed by atoms with Crippen LogP contribution in [0.5, 0.6) is 0 Å². The Bertz CT molecular complexity index is 1150. The van der Waals surface area contributed by atoms with Crippen molar-refractivity contribution in [3.05, 3.63) is 82.2 Å². The summed E-state index contributed by atoms with van der Waals surface area (Å²) in [4.78, 5) is 15.2. The predicted molar refractivity (Wildman–Crippen MR) is 149 cm³/mol. The van der Waals surface area contributed by atoms with Crippen LogP contribution in [-0.2, 0) is 51.2 Å². The monoisotopic (exact) mass is 569 g/mol. The molecule has 4 rings (SSSR count). The largest absolute Gasteiger partial charge is 0.457 e. The van der Waals surface area contributed by atoms with Crippen molar-refractivity contribution in [3.63, 3.8) is 0 Å². The van der Waals surface area contributed by atoms with Gasteiger partial charge in [0, 0.05) is 18.9 Å². The van der Waals surface area contributed by atoms with Gasteiger partial charge in [-0.25, -0.2) is 0 Å². The van der Waals surface area contributed by atoms with Crippen molar-refractivity contribution < 1.29 is 38.0 Å². The Morgan fingerprint density at radius 3 is 1.90 bits per heavy atom. The number of carbonyl (C=O) groups is 1. The van der Waals surface area contributed by atoms with Gasteiger partial charge in [-0.1, -0.05) is 65.8 Å². The molecule has 4 unspecified atom stereocenters. The van der Waals surface area contributed by atoms with E-state index in [9.17, 15) is 10.3 Å². The van der Waals surface area contributed by atoms with Gasteiger partial charge in [0.2, 0.25) is 0 Å². The summed E-state index contributed by atoms with van der Waals surface area (Å²) in [5.74, 6) is -0.468. The first-order valence-electron chi connectivity index (χ1n) is 13.8. The topological polar surface area (TPSA) is 130 Å². The first kappa shape index (κ1) is 30.9. The average molecular weight is 570 g/mol. The summed E-state index contributed by atoms with van der Waals surface area (Å²) >= 11 is 0. The Hall–Kier alpha value is -3.02. The number of hydrogen-bond acceptors (Lipinski definition) is 9. The lowest BCUT2D eigenvalue weighted by Gasteiger charge is -2.48. The maximum absolute atomic E-state index is 12.1. The Morgan fingerprint density at radius 1 is 0.805 bits per heavy atom. The van der Waals surface area contributed by atoms with E-state index >= 15 is 0 Å². The standard InChI is InChI=1S/C30H39N3O8/c1-18-24(32-33-31)27(37-17-23-14-10-7-11-15-23)29(35-5)30(39-18)41-28-25(36-16-22-12-8-6-9-13-22)19(2)38-20(3)26(28)40-21(4)34/h6-15,18-20,24-30H,16-17H2,1-5H3/t18?,19?,20-,24+,25-,26?,27+,28-,29-,30?/m0/s1. The summed E-state index contributed by atoms with van der Waals surface area (Å²) in [7, 11) is 1.52. The molecule has 2 fully saturated rings. The van der Waals surface area contributed by atoms with Gasteiger partial charge in [-0.05, 0) is 37.4 Å². The summed E-state index contributed by atoms with van der Waals surface area (Å²) in [5, 5.41) is 3.98. The summed E-state index contributed by atoms with van der Waals surface area (Å²) in [6, 6.07) is 18.7. The van der Waals surface area contributed by atoms with Gasteiger partial charge in [0.15, 0.2) is 12.4 Å². The molecule has 2 aromatic carbocycles. The summed E-state index contributed by atoms with van der Waals surface area (Å²) in [6.45, 7) is 7.44. The van der Waals surface area contributed by atoms with Crippen LogP contribution in [0, 0.1) is 0 Å². The highest BCUT2D eigenvalue weighted by atomic mass is 16.7. The highest BCUT2D eigenvalue weighted by molar-refractivity contribution is 5.66. The van der Waals surface area contributed by atoms with Crippen LogP contribution in [0.25, 0.3) is 10.4 Å². The lowest BCUT2D eigenvalue weighted by molar-refractivity contribution is -0.333. The molecule has 11 nitrogen and oxygen atoms in total. The van der Waals surface area contributed by atoms with Crippen molar-refractivity contribution in [1.29, 1.82) is 0 Å². The van der Waals surface area contributed by atoms with Crippen molar-refractivity contribution in [2.45, 2.75) is 102 Å². The molecule has 0 N–H and O–H groups in total. The van der Waals surface area contributed by atoms with Gasteiger partial charge in [-0.15, -0.1) is 0 Å². The first-order chi connectivity index (χ1) is 19.8. The van der Waals surface area contributed by atoms with E-state index in [1.165, 1.54) is 14.0 Å². The lowest BCUT2D eigenvalue weighted by atomic mass is 9.94. The zero-order valence-electron chi connectivity index (χ0n) is 24.1. The molecule has 0 aromatic heterocycles. The number of azide groups is 1. The number of hydrogen-bond donors (Lipinski definition) is 0. The highest BCUT2D eigenvalue weighted by Crippen LogP contribution is 2.34. The second kappa shape index (κ2) is 14.7. The van der Waals surface area contributed by atoms with E-state index in [0.29, 0.717) is 6.61 Å². The minimum atomic E-state index is -0.954. The minimum absolute atomic E-state index is 0.270. The van der Waals surface area contributed by atoms with Crippen molar-refractivity contribution in [2.24, 2.45) is 5.11 Å². The van der Waals surface area contributed by atoms with E-state index in [-0.39, 0.29) is 12.7 Å². The van der Waals surface area contributed by atoms with Gasteiger partial charge in [0.25, 0.3) is 0 Å². The summed E-state index contributed by atoms with van der Waals surface area (Å²) < 4.78 is 43.2. The molecule has 0 saturated carbocycles. The molecule has 0 amide bonds. The number of methoxy groups -OCH3 is 1. The molecule has 0 spiro atoms. The van der Waals surface area contributed by atoms with Crippen LogP contribution in [0.1, 0.15) is 38.8 Å². The van der Waals surface area contributed by atoms with Crippen molar-refractivity contribution in [1.82, 2.24) is 0 Å². The molecule has 2 saturated heterocycles. The van der Waals surface area contributed by atoms with E-state index in [4.69, 9.17) is 33.2 Å². The number of rotatable bonds is 11. The predicted octanol–water partition coefficient (Wildman–Crippen LogP) is 4.72. The zero-order valence-corrected chi connectivity index (χ0v) is 24.1. The van der Waals surface area contributed by atoms with E-state index in [1.54, 1.807) is 6.92 Å². The number of carbonyl (C=O) groups excluding carboxylic acids is 1. The molecular formula is C30H39N3O8. The Morgan fingerprint density at radius 2 is 1.37 bits per heavy atom. The number of ether oxygens (including phenoxy) is 7. The number of esters is 1. The van der Waals surface area contributed by atoms with Crippen molar-refractivity contribution in [2.75, 3.05) is 7.11 Å². The summed E-state index contributed by atoms with van der Waals surface area (Å²) in [5.41, 5.74) is 11.2. The van der Waals surface area contributed by atoms with Gasteiger partial charge >= 0.3 is 5.97 Å². The Balaban J connectivity index is 1.61. The van der Waals surface area contributed by atoms with Gasteiger partial charge in [0.05, 0.1) is 37.6 Å². The third-order valence-electron chi connectivity index (χ3n) is 7.38. The van der Waals surface area contributed by atoms with E-state index in [0.717, 1.165) is 11.1 Å². The third kappa shape index (κ3) is 7.84. The van der Waals surface area contributed by atoms with Crippen molar-refractivity contribution in [3.8, 4) is 0 Å². The average Bonchev–Trinajstić information content (AvgIpc) is 2.96. The first-order valence-corrected chi connectivity index (χ1v) is 13.8. The summed E-state index contributed by atoms with van der Waals surface area (Å²) in [6.07, 6.45) is -5.97. The second-order valence-corrected chi connectivity index (χ2v) is 10.3. The van der Waals surface area contributed by atoms with E-state index in [2.05, 4.69) is 10.0 Å². The van der Waals surface area contributed by atoms with Gasteiger partial charge in [0.1, 0.15) is 24.4 Å². The molecule has 2 aliphatic heterocycles. The van der Waals surface area contributed by atoms with Gasteiger partial charge in [-0.3, -0.25) is 4.79 Å². The number of benzene rings is 2. The quantitative estimate of drug-likeness (QED) is 0.164. The molecule has 2 heterocycles.